The number of hydrogen-bond donors (Lipinski definition) is 2. The van der Waals surface area contributed by atoms with E-state index in [0.717, 1.165) is 25.6 Å². The summed E-state index contributed by atoms with van der Waals surface area (Å²) in [7, 11) is 0. The van der Waals surface area contributed by atoms with E-state index in [1.165, 1.54) is 32.2 Å². The lowest BCUT2D eigenvalue weighted by molar-refractivity contribution is -0.126. The van der Waals surface area contributed by atoms with Crippen LogP contribution < -0.4 is 10.6 Å². The van der Waals surface area contributed by atoms with E-state index in [2.05, 4.69) is 29.4 Å². The standard InChI is InChI=1S/C16H31N3O.ClH/c1-12(2)10-18-16(20)13(3)19-8-6-15(7-9-19)17-11-14-4-5-14;/h12-15,17H,4-11H2,1-3H3,(H,18,20);1H. The third-order valence-electron chi connectivity index (χ3n) is 4.53. The molecule has 2 N–H and O–H groups in total. The fraction of sp³-hybridized carbons (Fsp3) is 0.938. The van der Waals surface area contributed by atoms with Gasteiger partial charge in [0.1, 0.15) is 0 Å². The Labute approximate surface area is 135 Å². The number of nitrogens with one attached hydrogen (secondary N) is 2. The fourth-order valence-electron chi connectivity index (χ4n) is 2.76. The third kappa shape index (κ3) is 6.54. The molecule has 1 heterocycles. The van der Waals surface area contributed by atoms with Gasteiger partial charge in [-0.05, 0) is 51.0 Å². The summed E-state index contributed by atoms with van der Waals surface area (Å²) in [5.41, 5.74) is 0. The molecule has 1 saturated heterocycles. The molecule has 5 heteroatoms. The Morgan fingerprint density at radius 3 is 2.29 bits per heavy atom. The van der Waals surface area contributed by atoms with E-state index < -0.39 is 0 Å². The third-order valence-corrected chi connectivity index (χ3v) is 4.53. The minimum atomic E-state index is 0. The number of carbonyl (C=O) groups excluding carboxylic acids is 1. The summed E-state index contributed by atoms with van der Waals surface area (Å²) in [6.45, 7) is 10.4. The lowest BCUT2D eigenvalue weighted by Crippen LogP contribution is -2.51. The van der Waals surface area contributed by atoms with Crippen molar-refractivity contribution in [1.29, 1.82) is 0 Å². The van der Waals surface area contributed by atoms with Crippen molar-refractivity contribution >= 4 is 18.3 Å². The van der Waals surface area contributed by atoms with E-state index in [-0.39, 0.29) is 24.4 Å². The van der Waals surface area contributed by atoms with Crippen LogP contribution in [0, 0.1) is 11.8 Å². The second-order valence-corrected chi connectivity index (χ2v) is 6.98. The van der Waals surface area contributed by atoms with Gasteiger partial charge in [0, 0.05) is 25.7 Å². The smallest absolute Gasteiger partial charge is 0.237 e. The lowest BCUT2D eigenvalue weighted by Gasteiger charge is -2.35. The van der Waals surface area contributed by atoms with Crippen LogP contribution in [0.2, 0.25) is 0 Å². The van der Waals surface area contributed by atoms with Gasteiger partial charge in [-0.3, -0.25) is 9.69 Å². The van der Waals surface area contributed by atoms with Gasteiger partial charge in [0.15, 0.2) is 0 Å². The van der Waals surface area contributed by atoms with Crippen LogP contribution in [0.15, 0.2) is 0 Å². The quantitative estimate of drug-likeness (QED) is 0.755. The Bertz CT molecular complexity index is 313. The number of amides is 1. The van der Waals surface area contributed by atoms with Gasteiger partial charge in [0.2, 0.25) is 5.91 Å². The molecule has 0 radical (unpaired) electrons. The predicted molar refractivity (Wildman–Crippen MR) is 89.9 cm³/mol. The van der Waals surface area contributed by atoms with E-state index in [0.29, 0.717) is 12.0 Å². The van der Waals surface area contributed by atoms with Gasteiger partial charge in [0.25, 0.3) is 0 Å². The number of carbonyl (C=O) groups is 1. The average molecular weight is 318 g/mol. The van der Waals surface area contributed by atoms with E-state index in [1.54, 1.807) is 0 Å². The molecule has 0 bridgehead atoms. The number of hydrogen-bond acceptors (Lipinski definition) is 3. The lowest BCUT2D eigenvalue weighted by atomic mass is 10.0. The summed E-state index contributed by atoms with van der Waals surface area (Å²) in [6.07, 6.45) is 5.18. The van der Waals surface area contributed by atoms with E-state index in [4.69, 9.17) is 0 Å². The highest BCUT2D eigenvalue weighted by molar-refractivity contribution is 5.85. The van der Waals surface area contributed by atoms with Crippen molar-refractivity contribution in [3.63, 3.8) is 0 Å². The maximum atomic E-state index is 12.1. The normalized spacial score (nSPS) is 21.9. The fourth-order valence-corrected chi connectivity index (χ4v) is 2.76. The first-order chi connectivity index (χ1) is 9.56. The highest BCUT2D eigenvalue weighted by atomic mass is 35.5. The van der Waals surface area contributed by atoms with Crippen molar-refractivity contribution in [2.45, 2.75) is 58.5 Å². The highest BCUT2D eigenvalue weighted by Gasteiger charge is 2.28. The molecule has 21 heavy (non-hydrogen) atoms. The van der Waals surface area contributed by atoms with Gasteiger partial charge < -0.3 is 10.6 Å². The molecule has 1 aliphatic heterocycles. The van der Waals surface area contributed by atoms with Crippen LogP contribution in [0.1, 0.15) is 46.5 Å². The number of rotatable bonds is 7. The molecule has 0 aromatic rings. The molecule has 0 aromatic heterocycles. The summed E-state index contributed by atoms with van der Waals surface area (Å²) in [4.78, 5) is 14.4. The number of halogens is 1. The zero-order valence-corrected chi connectivity index (χ0v) is 14.5. The summed E-state index contributed by atoms with van der Waals surface area (Å²) < 4.78 is 0. The van der Waals surface area contributed by atoms with Crippen molar-refractivity contribution < 1.29 is 4.79 Å². The van der Waals surface area contributed by atoms with Crippen molar-refractivity contribution in [1.82, 2.24) is 15.5 Å². The Morgan fingerprint density at radius 1 is 1.14 bits per heavy atom. The number of likely N-dealkylation sites (tertiary alicyclic amines) is 1. The van der Waals surface area contributed by atoms with Gasteiger partial charge >= 0.3 is 0 Å². The summed E-state index contributed by atoms with van der Waals surface area (Å²) >= 11 is 0. The first-order valence-electron chi connectivity index (χ1n) is 8.31. The van der Waals surface area contributed by atoms with Gasteiger partial charge in [-0.2, -0.15) is 0 Å². The zero-order chi connectivity index (χ0) is 14.5. The van der Waals surface area contributed by atoms with Gasteiger partial charge in [-0.15, -0.1) is 12.4 Å². The summed E-state index contributed by atoms with van der Waals surface area (Å²) in [6, 6.07) is 0.677. The Morgan fingerprint density at radius 2 is 1.76 bits per heavy atom. The van der Waals surface area contributed by atoms with Gasteiger partial charge in [-0.25, -0.2) is 0 Å². The SMILES string of the molecule is CC(C)CNC(=O)C(C)N1CCC(NCC2CC2)CC1.Cl. The Balaban J connectivity index is 0.00000220. The molecule has 2 aliphatic rings. The predicted octanol–water partition coefficient (Wildman–Crippen LogP) is 2.03. The summed E-state index contributed by atoms with van der Waals surface area (Å²) in [5.74, 6) is 1.65. The number of piperidine rings is 1. The van der Waals surface area contributed by atoms with Crippen LogP contribution in [0.25, 0.3) is 0 Å². The van der Waals surface area contributed by atoms with Crippen LogP contribution in [0.5, 0.6) is 0 Å². The van der Waals surface area contributed by atoms with Gasteiger partial charge in [0.05, 0.1) is 6.04 Å². The van der Waals surface area contributed by atoms with E-state index in [9.17, 15) is 4.79 Å². The largest absolute Gasteiger partial charge is 0.354 e. The molecule has 124 valence electrons. The van der Waals surface area contributed by atoms with Crippen LogP contribution in [0.3, 0.4) is 0 Å². The molecule has 1 atom stereocenters. The van der Waals surface area contributed by atoms with Crippen molar-refractivity contribution in [3.8, 4) is 0 Å². The Hall–Kier alpha value is -0.320. The highest BCUT2D eigenvalue weighted by Crippen LogP contribution is 2.28. The molecule has 2 rings (SSSR count). The van der Waals surface area contributed by atoms with Crippen LogP contribution in [-0.4, -0.2) is 49.1 Å². The maximum absolute atomic E-state index is 12.1. The second-order valence-electron chi connectivity index (χ2n) is 6.98. The molecule has 0 aromatic carbocycles. The first-order valence-corrected chi connectivity index (χ1v) is 8.31. The number of nitrogens with zero attached hydrogens (tertiary/aromatic N) is 1. The average Bonchev–Trinajstić information content (AvgIpc) is 3.26. The minimum absolute atomic E-state index is 0. The molecule has 1 aliphatic carbocycles. The first kappa shape index (κ1) is 18.7. The van der Waals surface area contributed by atoms with Crippen molar-refractivity contribution in [2.75, 3.05) is 26.2 Å². The van der Waals surface area contributed by atoms with Gasteiger partial charge in [-0.1, -0.05) is 13.8 Å². The van der Waals surface area contributed by atoms with Crippen LogP contribution >= 0.6 is 12.4 Å². The van der Waals surface area contributed by atoms with Crippen molar-refractivity contribution in [2.24, 2.45) is 11.8 Å². The molecule has 2 fully saturated rings. The molecule has 1 saturated carbocycles. The maximum Gasteiger partial charge on any atom is 0.237 e. The van der Waals surface area contributed by atoms with Crippen LogP contribution in [0.4, 0.5) is 0 Å². The topological polar surface area (TPSA) is 44.4 Å². The molecule has 4 nitrogen and oxygen atoms in total. The molecular weight excluding hydrogens is 286 g/mol. The van der Waals surface area contributed by atoms with Crippen molar-refractivity contribution in [3.05, 3.63) is 0 Å². The summed E-state index contributed by atoms with van der Waals surface area (Å²) in [5, 5.41) is 6.73. The zero-order valence-electron chi connectivity index (χ0n) is 13.7. The minimum Gasteiger partial charge on any atom is -0.354 e. The molecule has 1 unspecified atom stereocenters. The molecule has 1 amide bonds. The Kier molecular flexibility index (Phi) is 7.99. The van der Waals surface area contributed by atoms with E-state index >= 15 is 0 Å². The van der Waals surface area contributed by atoms with E-state index in [1.807, 2.05) is 6.92 Å². The molecular formula is C16H32ClN3O. The monoisotopic (exact) mass is 317 g/mol. The molecule has 0 spiro atoms. The van der Waals surface area contributed by atoms with Crippen LogP contribution in [-0.2, 0) is 4.79 Å². The second kappa shape index (κ2) is 8.96.